The van der Waals surface area contributed by atoms with Crippen molar-refractivity contribution in [2.24, 2.45) is 0 Å². The predicted molar refractivity (Wildman–Crippen MR) is 128 cm³/mol. The summed E-state index contributed by atoms with van der Waals surface area (Å²) >= 11 is 0. The number of carbonyl (C=O) groups excluding carboxylic acids is 1. The number of nitrogens with one attached hydrogen (secondary N) is 1. The van der Waals surface area contributed by atoms with Crippen LogP contribution in [0.15, 0.2) is 65.6 Å². The Hall–Kier alpha value is -3.56. The van der Waals surface area contributed by atoms with Crippen molar-refractivity contribution in [3.8, 4) is 17.2 Å². The molecule has 0 saturated heterocycles. The third kappa shape index (κ3) is 4.71. The van der Waals surface area contributed by atoms with Crippen molar-refractivity contribution in [2.75, 3.05) is 33.2 Å². The van der Waals surface area contributed by atoms with Crippen molar-refractivity contribution in [1.82, 2.24) is 4.31 Å². The van der Waals surface area contributed by atoms with Gasteiger partial charge in [-0.05, 0) is 72.1 Å². The first-order valence-corrected chi connectivity index (χ1v) is 12.1. The van der Waals surface area contributed by atoms with Crippen LogP contribution in [-0.4, -0.2) is 46.5 Å². The predicted octanol–water partition coefficient (Wildman–Crippen LogP) is 3.71. The molecule has 4 rings (SSSR count). The fourth-order valence-electron chi connectivity index (χ4n) is 3.89. The minimum absolute atomic E-state index is 0.217. The van der Waals surface area contributed by atoms with Crippen LogP contribution >= 0.6 is 0 Å². The van der Waals surface area contributed by atoms with Gasteiger partial charge in [0.25, 0.3) is 5.91 Å². The molecule has 1 N–H and O–H groups in total. The third-order valence-electron chi connectivity index (χ3n) is 5.78. The van der Waals surface area contributed by atoms with Gasteiger partial charge in [-0.2, -0.15) is 4.31 Å². The Morgan fingerprint density at radius 2 is 1.59 bits per heavy atom. The Bertz CT molecular complexity index is 1310. The summed E-state index contributed by atoms with van der Waals surface area (Å²) in [7, 11) is 0.915. The van der Waals surface area contributed by atoms with Gasteiger partial charge in [0.2, 0.25) is 10.0 Å². The van der Waals surface area contributed by atoms with E-state index in [0.717, 1.165) is 11.1 Å². The largest absolute Gasteiger partial charge is 0.497 e. The summed E-state index contributed by atoms with van der Waals surface area (Å²) in [6.07, 6.45) is 0.592. The van der Waals surface area contributed by atoms with Gasteiger partial charge in [0.1, 0.15) is 5.75 Å². The molecule has 0 atom stereocenters. The topological polar surface area (TPSA) is 94.2 Å². The third-order valence-corrected chi connectivity index (χ3v) is 7.64. The van der Waals surface area contributed by atoms with Crippen molar-refractivity contribution in [3.05, 3.63) is 77.4 Å². The van der Waals surface area contributed by atoms with E-state index in [4.69, 9.17) is 14.2 Å². The number of carbonyl (C=O) groups is 1. The van der Waals surface area contributed by atoms with E-state index >= 15 is 0 Å². The van der Waals surface area contributed by atoms with E-state index in [1.54, 1.807) is 42.5 Å². The van der Waals surface area contributed by atoms with Crippen LogP contribution in [0.3, 0.4) is 0 Å². The zero-order valence-corrected chi connectivity index (χ0v) is 20.0. The highest BCUT2D eigenvalue weighted by molar-refractivity contribution is 7.89. The number of hydrogen-bond acceptors (Lipinski definition) is 6. The molecule has 0 saturated carbocycles. The minimum atomic E-state index is -3.66. The summed E-state index contributed by atoms with van der Waals surface area (Å²) in [6.45, 7) is 0.614. The Morgan fingerprint density at radius 3 is 2.26 bits per heavy atom. The summed E-state index contributed by atoms with van der Waals surface area (Å²) < 4.78 is 43.4. The molecule has 1 aliphatic heterocycles. The van der Waals surface area contributed by atoms with Gasteiger partial charge in [-0.1, -0.05) is 6.07 Å². The van der Waals surface area contributed by atoms with E-state index in [1.165, 1.54) is 25.6 Å². The lowest BCUT2D eigenvalue weighted by molar-refractivity contribution is 0.102. The van der Waals surface area contributed by atoms with Gasteiger partial charge in [0.05, 0.1) is 26.2 Å². The van der Waals surface area contributed by atoms with Gasteiger partial charge in [-0.25, -0.2) is 8.42 Å². The zero-order chi connectivity index (χ0) is 24.3. The van der Waals surface area contributed by atoms with E-state index in [0.29, 0.717) is 41.5 Å². The first-order chi connectivity index (χ1) is 16.3. The normalized spacial score (nSPS) is 13.6. The summed E-state index contributed by atoms with van der Waals surface area (Å²) in [5.41, 5.74) is 2.92. The minimum Gasteiger partial charge on any atom is -0.497 e. The van der Waals surface area contributed by atoms with Crippen molar-refractivity contribution >= 4 is 21.6 Å². The van der Waals surface area contributed by atoms with Crippen molar-refractivity contribution < 1.29 is 27.4 Å². The second-order valence-corrected chi connectivity index (χ2v) is 9.71. The van der Waals surface area contributed by atoms with Crippen molar-refractivity contribution in [2.45, 2.75) is 17.9 Å². The Morgan fingerprint density at radius 1 is 0.853 bits per heavy atom. The highest BCUT2D eigenvalue weighted by Gasteiger charge is 2.28. The Labute approximate surface area is 199 Å². The molecule has 0 aromatic heterocycles. The molecule has 1 amide bonds. The van der Waals surface area contributed by atoms with Gasteiger partial charge in [-0.3, -0.25) is 4.79 Å². The van der Waals surface area contributed by atoms with Gasteiger partial charge < -0.3 is 19.5 Å². The summed E-state index contributed by atoms with van der Waals surface area (Å²) in [4.78, 5) is 13.0. The van der Waals surface area contributed by atoms with E-state index in [9.17, 15) is 13.2 Å². The number of fused-ring (bicyclic) bond motifs is 1. The summed E-state index contributed by atoms with van der Waals surface area (Å²) in [6, 6.07) is 16.9. The second kappa shape index (κ2) is 9.74. The summed E-state index contributed by atoms with van der Waals surface area (Å²) in [5.74, 6) is 1.28. The molecule has 9 heteroatoms. The van der Waals surface area contributed by atoms with Crippen LogP contribution in [0, 0.1) is 0 Å². The SMILES string of the molecule is COc1ccc(S(=O)(=O)N2CCc3ccc(NC(=O)c4ccc(OC)c(OC)c4)cc3C2)cc1. The number of methoxy groups -OCH3 is 3. The molecule has 0 fully saturated rings. The summed E-state index contributed by atoms with van der Waals surface area (Å²) in [5, 5.41) is 2.88. The fraction of sp³-hybridized carbons (Fsp3) is 0.240. The molecule has 8 nitrogen and oxygen atoms in total. The molecule has 34 heavy (non-hydrogen) atoms. The fourth-order valence-corrected chi connectivity index (χ4v) is 5.31. The maximum atomic E-state index is 13.2. The molecule has 1 heterocycles. The highest BCUT2D eigenvalue weighted by Crippen LogP contribution is 2.30. The number of nitrogens with zero attached hydrogens (tertiary/aromatic N) is 1. The van der Waals surface area contributed by atoms with Crippen LogP contribution < -0.4 is 19.5 Å². The van der Waals surface area contributed by atoms with Gasteiger partial charge in [-0.15, -0.1) is 0 Å². The van der Waals surface area contributed by atoms with E-state index in [1.807, 2.05) is 18.2 Å². The molecule has 1 aliphatic rings. The zero-order valence-electron chi connectivity index (χ0n) is 19.2. The second-order valence-electron chi connectivity index (χ2n) is 7.77. The average Bonchev–Trinajstić information content (AvgIpc) is 2.87. The van der Waals surface area contributed by atoms with Crippen LogP contribution in [-0.2, 0) is 23.0 Å². The molecule has 3 aromatic rings. The lowest BCUT2D eigenvalue weighted by Gasteiger charge is -2.28. The standard InChI is InChI=1S/C25H26N2O6S/c1-31-21-7-9-22(10-8-21)34(29,30)27-13-12-17-4-6-20(14-19(17)16-27)26-25(28)18-5-11-23(32-2)24(15-18)33-3/h4-11,14-15H,12-13,16H2,1-3H3,(H,26,28). The number of amides is 1. The smallest absolute Gasteiger partial charge is 0.255 e. The molecular formula is C25H26N2O6S. The molecule has 0 unspecified atom stereocenters. The number of hydrogen-bond donors (Lipinski definition) is 1. The molecular weight excluding hydrogens is 456 g/mol. The molecule has 3 aromatic carbocycles. The van der Waals surface area contributed by atoms with Crippen molar-refractivity contribution in [3.63, 3.8) is 0 Å². The van der Waals surface area contributed by atoms with E-state index in [-0.39, 0.29) is 17.3 Å². The number of sulfonamides is 1. The maximum Gasteiger partial charge on any atom is 0.255 e. The number of anilines is 1. The lowest BCUT2D eigenvalue weighted by atomic mass is 10.0. The number of rotatable bonds is 7. The van der Waals surface area contributed by atoms with Crippen LogP contribution in [0.4, 0.5) is 5.69 Å². The molecule has 0 bridgehead atoms. The van der Waals surface area contributed by atoms with Gasteiger partial charge in [0, 0.05) is 24.3 Å². The maximum absolute atomic E-state index is 13.2. The van der Waals surface area contributed by atoms with Crippen LogP contribution in [0.2, 0.25) is 0 Å². The number of ether oxygens (including phenoxy) is 3. The lowest BCUT2D eigenvalue weighted by Crippen LogP contribution is -2.36. The highest BCUT2D eigenvalue weighted by atomic mass is 32.2. The van der Waals surface area contributed by atoms with Crippen LogP contribution in [0.5, 0.6) is 17.2 Å². The van der Waals surface area contributed by atoms with Gasteiger partial charge in [0.15, 0.2) is 11.5 Å². The van der Waals surface area contributed by atoms with Crippen LogP contribution in [0.1, 0.15) is 21.5 Å². The molecule has 0 aliphatic carbocycles. The molecule has 0 spiro atoms. The average molecular weight is 483 g/mol. The van der Waals surface area contributed by atoms with E-state index in [2.05, 4.69) is 5.32 Å². The van der Waals surface area contributed by atoms with Gasteiger partial charge >= 0.3 is 0 Å². The van der Waals surface area contributed by atoms with Crippen LogP contribution in [0.25, 0.3) is 0 Å². The Kier molecular flexibility index (Phi) is 6.76. The quantitative estimate of drug-likeness (QED) is 0.552. The first kappa shape index (κ1) is 23.6. The molecule has 178 valence electrons. The molecule has 0 radical (unpaired) electrons. The Balaban J connectivity index is 1.52. The van der Waals surface area contributed by atoms with E-state index < -0.39 is 10.0 Å². The monoisotopic (exact) mass is 482 g/mol. The number of benzene rings is 3. The van der Waals surface area contributed by atoms with Crippen molar-refractivity contribution in [1.29, 1.82) is 0 Å². The first-order valence-electron chi connectivity index (χ1n) is 10.6.